The molecule has 1 heterocycles. The number of hydrogen-bond donors (Lipinski definition) is 1. The van der Waals surface area contributed by atoms with Crippen molar-refractivity contribution in [1.82, 2.24) is 10.5 Å². The third-order valence-corrected chi connectivity index (χ3v) is 4.36. The molecule has 1 N–H and O–H groups in total. The van der Waals surface area contributed by atoms with Gasteiger partial charge in [0.2, 0.25) is 5.91 Å². The lowest BCUT2D eigenvalue weighted by atomic mass is 9.80. The Bertz CT molecular complexity index is 621. The van der Waals surface area contributed by atoms with Crippen LogP contribution >= 0.6 is 0 Å². The molecule has 4 nitrogen and oxygen atoms in total. The van der Waals surface area contributed by atoms with Crippen LogP contribution in [0.3, 0.4) is 0 Å². The fraction of sp³-hybridized carbons (Fsp3) is 0.444. The first kappa shape index (κ1) is 14.8. The van der Waals surface area contributed by atoms with Crippen molar-refractivity contribution < 1.29 is 9.32 Å². The summed E-state index contributed by atoms with van der Waals surface area (Å²) in [5.74, 6) is 1.18. The number of nitrogens with zero attached hydrogens (tertiary/aromatic N) is 1. The van der Waals surface area contributed by atoms with Gasteiger partial charge in [-0.05, 0) is 25.3 Å². The summed E-state index contributed by atoms with van der Waals surface area (Å²) >= 11 is 0. The molecule has 2 aromatic rings. The Morgan fingerprint density at radius 1 is 1.27 bits per heavy atom. The molecule has 116 valence electrons. The highest BCUT2D eigenvalue weighted by molar-refractivity contribution is 5.78. The van der Waals surface area contributed by atoms with Crippen LogP contribution in [-0.2, 0) is 11.2 Å². The average molecular weight is 298 g/mol. The summed E-state index contributed by atoms with van der Waals surface area (Å²) in [5.41, 5.74) is 2.02. The van der Waals surface area contributed by atoms with Gasteiger partial charge >= 0.3 is 0 Å². The molecule has 0 unspecified atom stereocenters. The van der Waals surface area contributed by atoms with Crippen molar-refractivity contribution in [2.45, 2.75) is 51.0 Å². The van der Waals surface area contributed by atoms with Gasteiger partial charge in [0.05, 0.1) is 12.1 Å². The summed E-state index contributed by atoms with van der Waals surface area (Å²) in [6, 6.07) is 12.5. The third kappa shape index (κ3) is 3.56. The molecule has 0 saturated heterocycles. The molecule has 2 atom stereocenters. The van der Waals surface area contributed by atoms with Crippen LogP contribution in [0.4, 0.5) is 0 Å². The molecule has 0 bridgehead atoms. The Morgan fingerprint density at radius 3 is 2.77 bits per heavy atom. The van der Waals surface area contributed by atoms with E-state index < -0.39 is 0 Å². The number of benzene rings is 1. The smallest absolute Gasteiger partial charge is 0.226 e. The molecule has 4 heteroatoms. The third-order valence-electron chi connectivity index (χ3n) is 4.36. The van der Waals surface area contributed by atoms with Crippen molar-refractivity contribution in [2.24, 2.45) is 0 Å². The molecule has 3 rings (SSSR count). The van der Waals surface area contributed by atoms with Crippen LogP contribution in [0.15, 0.2) is 40.9 Å². The van der Waals surface area contributed by atoms with Crippen molar-refractivity contribution in [3.05, 3.63) is 53.4 Å². The maximum atomic E-state index is 12.3. The molecular weight excluding hydrogens is 276 g/mol. The van der Waals surface area contributed by atoms with Gasteiger partial charge in [0.1, 0.15) is 5.76 Å². The predicted molar refractivity (Wildman–Crippen MR) is 84.5 cm³/mol. The number of carbonyl (C=O) groups is 1. The van der Waals surface area contributed by atoms with E-state index in [1.54, 1.807) is 0 Å². The zero-order valence-electron chi connectivity index (χ0n) is 12.9. The van der Waals surface area contributed by atoms with Crippen LogP contribution in [-0.4, -0.2) is 17.1 Å². The monoisotopic (exact) mass is 298 g/mol. The van der Waals surface area contributed by atoms with Crippen molar-refractivity contribution >= 4 is 5.91 Å². The van der Waals surface area contributed by atoms with E-state index in [1.807, 2.05) is 19.1 Å². The highest BCUT2D eigenvalue weighted by atomic mass is 16.5. The summed E-state index contributed by atoms with van der Waals surface area (Å²) in [6.07, 6.45) is 4.88. The van der Waals surface area contributed by atoms with Gasteiger partial charge in [-0.25, -0.2) is 0 Å². The van der Waals surface area contributed by atoms with Crippen molar-refractivity contribution in [2.75, 3.05) is 0 Å². The molecule has 1 fully saturated rings. The van der Waals surface area contributed by atoms with Crippen molar-refractivity contribution in [3.63, 3.8) is 0 Å². The Morgan fingerprint density at radius 2 is 2.05 bits per heavy atom. The van der Waals surface area contributed by atoms with Crippen LogP contribution < -0.4 is 5.32 Å². The molecular formula is C18H22N2O2. The van der Waals surface area contributed by atoms with Crippen LogP contribution in [0.5, 0.6) is 0 Å². The fourth-order valence-corrected chi connectivity index (χ4v) is 3.33. The molecule has 1 aliphatic rings. The average Bonchev–Trinajstić information content (AvgIpc) is 2.93. The van der Waals surface area contributed by atoms with E-state index >= 15 is 0 Å². The standard InChI is InChI=1S/C18H22N2O2/c1-13-11-15(20-22-13)12-18(21)19-17-10-6-5-9-16(17)14-7-3-2-4-8-14/h2-4,7-8,11,16-17H,5-6,9-10,12H2,1H3,(H,19,21)/t16-,17-/m1/s1. The molecule has 1 aliphatic carbocycles. The minimum Gasteiger partial charge on any atom is -0.361 e. The lowest BCUT2D eigenvalue weighted by Crippen LogP contribution is -2.41. The van der Waals surface area contributed by atoms with E-state index in [9.17, 15) is 4.79 Å². The number of nitrogens with one attached hydrogen (secondary N) is 1. The summed E-state index contributed by atoms with van der Waals surface area (Å²) in [6.45, 7) is 1.83. The van der Waals surface area contributed by atoms with Crippen LogP contribution in [0, 0.1) is 6.92 Å². The Balaban J connectivity index is 1.65. The van der Waals surface area contributed by atoms with Crippen LogP contribution in [0.1, 0.15) is 48.6 Å². The molecule has 1 saturated carbocycles. The molecule has 1 aromatic carbocycles. The summed E-state index contributed by atoms with van der Waals surface area (Å²) in [7, 11) is 0. The summed E-state index contributed by atoms with van der Waals surface area (Å²) < 4.78 is 5.02. The first-order valence-corrected chi connectivity index (χ1v) is 7.99. The van der Waals surface area contributed by atoms with E-state index in [0.717, 1.165) is 18.6 Å². The van der Waals surface area contributed by atoms with Crippen molar-refractivity contribution in [3.8, 4) is 0 Å². The second-order valence-corrected chi connectivity index (χ2v) is 6.08. The van der Waals surface area contributed by atoms with Gasteiger partial charge in [0.25, 0.3) is 0 Å². The molecule has 0 radical (unpaired) electrons. The quantitative estimate of drug-likeness (QED) is 0.941. The minimum atomic E-state index is 0.0288. The van der Waals surface area contributed by atoms with E-state index in [1.165, 1.54) is 18.4 Å². The maximum absolute atomic E-state index is 12.3. The van der Waals surface area contributed by atoms with E-state index in [0.29, 0.717) is 11.6 Å². The Kier molecular flexibility index (Phi) is 4.56. The SMILES string of the molecule is Cc1cc(CC(=O)N[C@@H]2CCCC[C@@H]2c2ccccc2)no1. The first-order chi connectivity index (χ1) is 10.7. The highest BCUT2D eigenvalue weighted by Crippen LogP contribution is 2.33. The second kappa shape index (κ2) is 6.77. The second-order valence-electron chi connectivity index (χ2n) is 6.08. The zero-order valence-corrected chi connectivity index (χ0v) is 12.9. The highest BCUT2D eigenvalue weighted by Gasteiger charge is 2.27. The van der Waals surface area contributed by atoms with Gasteiger partial charge in [-0.1, -0.05) is 48.3 Å². The van der Waals surface area contributed by atoms with E-state index in [4.69, 9.17) is 4.52 Å². The lowest BCUT2D eigenvalue weighted by molar-refractivity contribution is -0.121. The number of amides is 1. The fourth-order valence-electron chi connectivity index (χ4n) is 3.33. The van der Waals surface area contributed by atoms with Crippen LogP contribution in [0.25, 0.3) is 0 Å². The van der Waals surface area contributed by atoms with Crippen LogP contribution in [0.2, 0.25) is 0 Å². The van der Waals surface area contributed by atoms with E-state index in [-0.39, 0.29) is 18.4 Å². The summed E-state index contributed by atoms with van der Waals surface area (Å²) in [5, 5.41) is 7.09. The Labute approximate surface area is 130 Å². The topological polar surface area (TPSA) is 55.1 Å². The van der Waals surface area contributed by atoms with Gasteiger partial charge in [0, 0.05) is 18.0 Å². The predicted octanol–water partition coefficient (Wildman–Crippen LogP) is 3.37. The van der Waals surface area contributed by atoms with Crippen molar-refractivity contribution in [1.29, 1.82) is 0 Å². The van der Waals surface area contributed by atoms with Gasteiger partial charge in [-0.15, -0.1) is 0 Å². The largest absolute Gasteiger partial charge is 0.361 e. The van der Waals surface area contributed by atoms with E-state index in [2.05, 4.69) is 34.7 Å². The molecule has 1 amide bonds. The van der Waals surface area contributed by atoms with Gasteiger partial charge in [-0.2, -0.15) is 0 Å². The summed E-state index contributed by atoms with van der Waals surface area (Å²) in [4.78, 5) is 12.3. The normalized spacial score (nSPS) is 21.5. The first-order valence-electron chi connectivity index (χ1n) is 7.99. The number of hydrogen-bond acceptors (Lipinski definition) is 3. The number of aryl methyl sites for hydroxylation is 1. The number of carbonyl (C=O) groups excluding carboxylic acids is 1. The molecule has 22 heavy (non-hydrogen) atoms. The minimum absolute atomic E-state index is 0.0288. The maximum Gasteiger partial charge on any atom is 0.226 e. The Hall–Kier alpha value is -2.10. The van der Waals surface area contributed by atoms with Gasteiger partial charge in [0.15, 0.2) is 0 Å². The zero-order chi connectivity index (χ0) is 15.4. The molecule has 1 aromatic heterocycles. The van der Waals surface area contributed by atoms with Gasteiger partial charge < -0.3 is 9.84 Å². The lowest BCUT2D eigenvalue weighted by Gasteiger charge is -2.32. The molecule has 0 aliphatic heterocycles. The van der Waals surface area contributed by atoms with Gasteiger partial charge in [-0.3, -0.25) is 4.79 Å². The number of rotatable bonds is 4. The molecule has 0 spiro atoms. The number of aromatic nitrogens is 1.